The molecule has 0 bridgehead atoms. The summed E-state index contributed by atoms with van der Waals surface area (Å²) in [5.74, 6) is 0.851. The highest BCUT2D eigenvalue weighted by molar-refractivity contribution is 6.30. The Bertz CT molecular complexity index is 373. The largest absolute Gasteiger partial charge is 0.309 e. The van der Waals surface area contributed by atoms with Crippen LogP contribution in [0.3, 0.4) is 0 Å². The number of pyridine rings is 1. The van der Waals surface area contributed by atoms with Gasteiger partial charge >= 0.3 is 0 Å². The molecule has 0 amide bonds. The monoisotopic (exact) mass is 267 g/mol. The van der Waals surface area contributed by atoms with Crippen LogP contribution < -0.4 is 0 Å². The van der Waals surface area contributed by atoms with Crippen molar-refractivity contribution in [2.24, 2.45) is 5.92 Å². The van der Waals surface area contributed by atoms with E-state index in [1.165, 1.54) is 32.5 Å². The third-order valence-electron chi connectivity index (χ3n) is 3.49. The molecule has 4 heteroatoms. The van der Waals surface area contributed by atoms with Crippen LogP contribution in [-0.4, -0.2) is 48.5 Å². The van der Waals surface area contributed by atoms with Gasteiger partial charge in [0.05, 0.1) is 5.69 Å². The lowest BCUT2D eigenvalue weighted by atomic mass is 9.96. The van der Waals surface area contributed by atoms with Crippen molar-refractivity contribution in [1.29, 1.82) is 0 Å². The molecule has 2 heterocycles. The molecule has 1 saturated heterocycles. The minimum atomic E-state index is 0.780. The SMILES string of the molecule is CN(C)CC1CCN(Cc2cc(Cl)ccn2)CC1. The van der Waals surface area contributed by atoms with E-state index in [0.29, 0.717) is 0 Å². The first-order valence-electron chi connectivity index (χ1n) is 6.61. The normalized spacial score (nSPS) is 18.4. The van der Waals surface area contributed by atoms with Gasteiger partial charge in [0.25, 0.3) is 0 Å². The third kappa shape index (κ3) is 4.23. The van der Waals surface area contributed by atoms with E-state index in [1.807, 2.05) is 12.1 Å². The van der Waals surface area contributed by atoms with Crippen molar-refractivity contribution >= 4 is 11.6 Å². The van der Waals surface area contributed by atoms with E-state index in [9.17, 15) is 0 Å². The Balaban J connectivity index is 1.80. The second-order valence-electron chi connectivity index (χ2n) is 5.45. The van der Waals surface area contributed by atoms with Gasteiger partial charge in [0, 0.05) is 24.3 Å². The van der Waals surface area contributed by atoms with Gasteiger partial charge in [-0.05, 0) is 58.1 Å². The summed E-state index contributed by atoms with van der Waals surface area (Å²) in [6.45, 7) is 4.48. The molecule has 0 atom stereocenters. The van der Waals surface area contributed by atoms with Crippen LogP contribution in [0.5, 0.6) is 0 Å². The standard InChI is InChI=1S/C14H22ClN3/c1-17(2)10-12-4-7-18(8-5-12)11-14-9-13(15)3-6-16-14/h3,6,9,12H,4-5,7-8,10-11H2,1-2H3. The molecule has 1 aliphatic heterocycles. The molecule has 0 saturated carbocycles. The van der Waals surface area contributed by atoms with Gasteiger partial charge in [-0.1, -0.05) is 11.6 Å². The molecule has 3 nitrogen and oxygen atoms in total. The molecule has 18 heavy (non-hydrogen) atoms. The fraction of sp³-hybridized carbons (Fsp3) is 0.643. The van der Waals surface area contributed by atoms with Gasteiger partial charge in [0.15, 0.2) is 0 Å². The van der Waals surface area contributed by atoms with Crippen molar-refractivity contribution in [1.82, 2.24) is 14.8 Å². The zero-order chi connectivity index (χ0) is 13.0. The lowest BCUT2D eigenvalue weighted by molar-refractivity contribution is 0.155. The highest BCUT2D eigenvalue weighted by atomic mass is 35.5. The average Bonchev–Trinajstić information content (AvgIpc) is 2.31. The van der Waals surface area contributed by atoms with E-state index in [1.54, 1.807) is 6.20 Å². The number of rotatable bonds is 4. The van der Waals surface area contributed by atoms with Crippen LogP contribution in [0.4, 0.5) is 0 Å². The molecule has 0 N–H and O–H groups in total. The zero-order valence-corrected chi connectivity index (χ0v) is 12.0. The number of nitrogens with zero attached hydrogens (tertiary/aromatic N) is 3. The molecule has 0 aromatic carbocycles. The first kappa shape index (κ1) is 13.8. The molecular formula is C14H22ClN3. The highest BCUT2D eigenvalue weighted by Crippen LogP contribution is 2.19. The summed E-state index contributed by atoms with van der Waals surface area (Å²) in [7, 11) is 4.31. The first-order chi connectivity index (χ1) is 8.63. The van der Waals surface area contributed by atoms with Gasteiger partial charge in [-0.2, -0.15) is 0 Å². The van der Waals surface area contributed by atoms with Gasteiger partial charge in [0.2, 0.25) is 0 Å². The van der Waals surface area contributed by atoms with E-state index in [2.05, 4.69) is 28.9 Å². The number of piperidine rings is 1. The van der Waals surface area contributed by atoms with E-state index in [0.717, 1.165) is 23.2 Å². The molecule has 1 fully saturated rings. The van der Waals surface area contributed by atoms with Crippen molar-refractivity contribution < 1.29 is 0 Å². The van der Waals surface area contributed by atoms with Crippen LogP contribution in [0.25, 0.3) is 0 Å². The number of aromatic nitrogens is 1. The molecular weight excluding hydrogens is 246 g/mol. The Morgan fingerprint density at radius 1 is 1.39 bits per heavy atom. The van der Waals surface area contributed by atoms with Gasteiger partial charge in [0.1, 0.15) is 0 Å². The van der Waals surface area contributed by atoms with E-state index >= 15 is 0 Å². The molecule has 1 aliphatic rings. The maximum Gasteiger partial charge on any atom is 0.0558 e. The summed E-state index contributed by atoms with van der Waals surface area (Å²) in [6, 6.07) is 3.79. The van der Waals surface area contributed by atoms with Crippen LogP contribution in [0.2, 0.25) is 5.02 Å². The highest BCUT2D eigenvalue weighted by Gasteiger charge is 2.19. The van der Waals surface area contributed by atoms with Crippen LogP contribution in [0.15, 0.2) is 18.3 Å². The van der Waals surface area contributed by atoms with Gasteiger partial charge < -0.3 is 4.90 Å². The Hall–Kier alpha value is -0.640. The van der Waals surface area contributed by atoms with Crippen molar-refractivity contribution in [3.63, 3.8) is 0 Å². The van der Waals surface area contributed by atoms with Crippen LogP contribution in [0, 0.1) is 5.92 Å². The van der Waals surface area contributed by atoms with Crippen LogP contribution >= 0.6 is 11.6 Å². The smallest absolute Gasteiger partial charge is 0.0558 e. The van der Waals surface area contributed by atoms with E-state index < -0.39 is 0 Å². The zero-order valence-electron chi connectivity index (χ0n) is 11.3. The van der Waals surface area contributed by atoms with Gasteiger partial charge in [-0.3, -0.25) is 9.88 Å². The predicted molar refractivity (Wildman–Crippen MR) is 75.8 cm³/mol. The lowest BCUT2D eigenvalue weighted by Gasteiger charge is -2.32. The fourth-order valence-electron chi connectivity index (χ4n) is 2.61. The van der Waals surface area contributed by atoms with Crippen molar-refractivity contribution in [2.45, 2.75) is 19.4 Å². The van der Waals surface area contributed by atoms with Crippen molar-refractivity contribution in [3.8, 4) is 0 Å². The Kier molecular flexibility index (Phi) is 4.98. The summed E-state index contributed by atoms with van der Waals surface area (Å²) in [5.41, 5.74) is 1.08. The predicted octanol–water partition coefficient (Wildman–Crippen LogP) is 2.51. The summed E-state index contributed by atoms with van der Waals surface area (Å²) in [5, 5.41) is 0.780. The molecule has 1 aromatic rings. The van der Waals surface area contributed by atoms with Crippen molar-refractivity contribution in [2.75, 3.05) is 33.7 Å². The quantitative estimate of drug-likeness (QED) is 0.836. The second kappa shape index (κ2) is 6.50. The molecule has 0 aliphatic carbocycles. The van der Waals surface area contributed by atoms with Crippen LogP contribution in [-0.2, 0) is 6.54 Å². The molecule has 100 valence electrons. The average molecular weight is 268 g/mol. The lowest BCUT2D eigenvalue weighted by Crippen LogP contribution is -2.36. The third-order valence-corrected chi connectivity index (χ3v) is 3.73. The number of hydrogen-bond donors (Lipinski definition) is 0. The summed E-state index contributed by atoms with van der Waals surface area (Å²) in [4.78, 5) is 9.13. The fourth-order valence-corrected chi connectivity index (χ4v) is 2.79. The molecule has 0 unspecified atom stereocenters. The Morgan fingerprint density at radius 3 is 2.72 bits per heavy atom. The molecule has 1 aromatic heterocycles. The van der Waals surface area contributed by atoms with Crippen LogP contribution in [0.1, 0.15) is 18.5 Å². The maximum atomic E-state index is 5.98. The molecule has 2 rings (SSSR count). The van der Waals surface area contributed by atoms with Crippen molar-refractivity contribution in [3.05, 3.63) is 29.0 Å². The number of hydrogen-bond acceptors (Lipinski definition) is 3. The van der Waals surface area contributed by atoms with Gasteiger partial charge in [-0.15, -0.1) is 0 Å². The summed E-state index contributed by atoms with van der Waals surface area (Å²) >= 11 is 5.98. The Morgan fingerprint density at radius 2 is 2.11 bits per heavy atom. The summed E-state index contributed by atoms with van der Waals surface area (Å²) < 4.78 is 0. The molecule has 0 radical (unpaired) electrons. The minimum absolute atomic E-state index is 0.780. The van der Waals surface area contributed by atoms with E-state index in [4.69, 9.17) is 11.6 Å². The minimum Gasteiger partial charge on any atom is -0.309 e. The first-order valence-corrected chi connectivity index (χ1v) is 6.99. The van der Waals surface area contributed by atoms with E-state index in [-0.39, 0.29) is 0 Å². The summed E-state index contributed by atoms with van der Waals surface area (Å²) in [6.07, 6.45) is 4.37. The Labute approximate surface area is 115 Å². The number of likely N-dealkylation sites (tertiary alicyclic amines) is 1. The topological polar surface area (TPSA) is 19.4 Å². The molecule has 0 spiro atoms. The second-order valence-corrected chi connectivity index (χ2v) is 5.88. The maximum absolute atomic E-state index is 5.98. The van der Waals surface area contributed by atoms with Gasteiger partial charge in [-0.25, -0.2) is 0 Å². The number of halogens is 1.